The van der Waals surface area contributed by atoms with Gasteiger partial charge in [-0.1, -0.05) is 30.3 Å². The lowest BCUT2D eigenvalue weighted by Gasteiger charge is -2.27. The molecule has 0 aliphatic carbocycles. The van der Waals surface area contributed by atoms with Crippen LogP contribution in [0, 0.1) is 5.82 Å². The van der Waals surface area contributed by atoms with Gasteiger partial charge >= 0.3 is 11.8 Å². The quantitative estimate of drug-likeness (QED) is 0.710. The molecule has 100 valence electrons. The van der Waals surface area contributed by atoms with Crippen molar-refractivity contribution in [2.24, 2.45) is 0 Å². The average Bonchev–Trinajstić information content (AvgIpc) is 2.40. The fourth-order valence-corrected chi connectivity index (χ4v) is 1.67. The Morgan fingerprint density at radius 2 is 1.00 bits per heavy atom. The zero-order valence-corrected chi connectivity index (χ0v) is 9.59. The van der Waals surface area contributed by atoms with Crippen molar-refractivity contribution >= 4 is 0 Å². The Bertz CT molecular complexity index is 546. The van der Waals surface area contributed by atoms with Crippen LogP contribution in [0.15, 0.2) is 54.6 Å². The molecule has 0 spiro atoms. The Hall–Kier alpha value is -1.91. The summed E-state index contributed by atoms with van der Waals surface area (Å²) in [5, 5.41) is 0. The molecular weight excluding hydrogens is 263 g/mol. The molecule has 0 amide bonds. The van der Waals surface area contributed by atoms with E-state index in [4.69, 9.17) is 0 Å². The molecule has 0 nitrogen and oxygen atoms in total. The van der Waals surface area contributed by atoms with E-state index in [0.717, 1.165) is 24.3 Å². The van der Waals surface area contributed by atoms with Crippen LogP contribution in [-0.2, 0) is 11.8 Å². The normalized spacial score (nSPS) is 12.5. The first-order chi connectivity index (χ1) is 8.85. The Kier molecular flexibility index (Phi) is 3.30. The van der Waals surface area contributed by atoms with Crippen molar-refractivity contribution in [2.75, 3.05) is 0 Å². The number of alkyl halides is 4. The topological polar surface area (TPSA) is 0 Å². The zero-order chi connectivity index (χ0) is 14.1. The molecule has 0 heterocycles. The summed E-state index contributed by atoms with van der Waals surface area (Å²) >= 11 is 0. The van der Waals surface area contributed by atoms with Crippen LogP contribution >= 0.6 is 0 Å². The van der Waals surface area contributed by atoms with Crippen LogP contribution in [0.25, 0.3) is 0 Å². The van der Waals surface area contributed by atoms with Gasteiger partial charge < -0.3 is 0 Å². The second-order valence-corrected chi connectivity index (χ2v) is 4.02. The van der Waals surface area contributed by atoms with Gasteiger partial charge in [0.05, 0.1) is 0 Å². The smallest absolute Gasteiger partial charge is 0.207 e. The summed E-state index contributed by atoms with van der Waals surface area (Å²) in [6.45, 7) is 0. The lowest BCUT2D eigenvalue weighted by molar-refractivity contribution is -0.223. The van der Waals surface area contributed by atoms with Crippen LogP contribution in [0.3, 0.4) is 0 Å². The van der Waals surface area contributed by atoms with E-state index in [0.29, 0.717) is 12.1 Å². The van der Waals surface area contributed by atoms with Gasteiger partial charge in [-0.05, 0) is 24.3 Å². The fraction of sp³-hybridized carbons (Fsp3) is 0.143. The van der Waals surface area contributed by atoms with Gasteiger partial charge in [-0.15, -0.1) is 0 Å². The highest BCUT2D eigenvalue weighted by atomic mass is 19.3. The van der Waals surface area contributed by atoms with Crippen LogP contribution < -0.4 is 0 Å². The monoisotopic (exact) mass is 272 g/mol. The van der Waals surface area contributed by atoms with E-state index in [1.807, 2.05) is 0 Å². The molecule has 2 aromatic rings. The highest BCUT2D eigenvalue weighted by Gasteiger charge is 2.58. The van der Waals surface area contributed by atoms with E-state index in [-0.39, 0.29) is 0 Å². The van der Waals surface area contributed by atoms with Gasteiger partial charge in [-0.3, -0.25) is 0 Å². The minimum Gasteiger partial charge on any atom is -0.207 e. The summed E-state index contributed by atoms with van der Waals surface area (Å²) in [5.74, 6) is -9.55. The van der Waals surface area contributed by atoms with Crippen molar-refractivity contribution in [1.82, 2.24) is 0 Å². The molecule has 2 aromatic carbocycles. The van der Waals surface area contributed by atoms with E-state index < -0.39 is 28.8 Å². The first-order valence-electron chi connectivity index (χ1n) is 5.43. The van der Waals surface area contributed by atoms with Gasteiger partial charge in [0.2, 0.25) is 0 Å². The van der Waals surface area contributed by atoms with Crippen LogP contribution in [0.2, 0.25) is 0 Å². The van der Waals surface area contributed by atoms with Gasteiger partial charge in [0.25, 0.3) is 0 Å². The van der Waals surface area contributed by atoms with Crippen LogP contribution in [0.1, 0.15) is 11.1 Å². The fourth-order valence-electron chi connectivity index (χ4n) is 1.67. The Morgan fingerprint density at radius 3 is 1.47 bits per heavy atom. The minimum atomic E-state index is -4.41. The molecule has 0 aromatic heterocycles. The van der Waals surface area contributed by atoms with Gasteiger partial charge in [0, 0.05) is 11.1 Å². The molecule has 2 rings (SSSR count). The molecule has 0 atom stereocenters. The number of benzene rings is 2. The van der Waals surface area contributed by atoms with Crippen molar-refractivity contribution < 1.29 is 22.0 Å². The number of halogens is 5. The number of hydrogen-bond acceptors (Lipinski definition) is 0. The molecule has 0 aliphatic rings. The molecule has 0 fully saturated rings. The molecule has 0 radical (unpaired) electrons. The Morgan fingerprint density at radius 1 is 0.579 bits per heavy atom. The minimum absolute atomic E-state index is 0.659. The maximum Gasteiger partial charge on any atom is 0.339 e. The molecule has 0 bridgehead atoms. The van der Waals surface area contributed by atoms with Crippen molar-refractivity contribution in [3.05, 3.63) is 71.5 Å². The lowest BCUT2D eigenvalue weighted by Crippen LogP contribution is -2.35. The summed E-state index contributed by atoms with van der Waals surface area (Å²) in [4.78, 5) is 0. The second-order valence-electron chi connectivity index (χ2n) is 4.02. The summed E-state index contributed by atoms with van der Waals surface area (Å²) < 4.78 is 68.2. The maximum absolute atomic E-state index is 13.9. The molecule has 0 aliphatic heterocycles. The third-order valence-electron chi connectivity index (χ3n) is 2.74. The number of rotatable bonds is 3. The molecule has 0 saturated heterocycles. The van der Waals surface area contributed by atoms with Crippen molar-refractivity contribution in [2.45, 2.75) is 11.8 Å². The Balaban J connectivity index is 2.46. The molecule has 0 N–H and O–H groups in total. The van der Waals surface area contributed by atoms with Crippen molar-refractivity contribution in [3.8, 4) is 0 Å². The second kappa shape index (κ2) is 4.64. The summed E-state index contributed by atoms with van der Waals surface area (Å²) in [7, 11) is 0. The van der Waals surface area contributed by atoms with E-state index in [1.165, 1.54) is 18.2 Å². The van der Waals surface area contributed by atoms with Gasteiger partial charge in [0.15, 0.2) is 0 Å². The van der Waals surface area contributed by atoms with Gasteiger partial charge in [-0.2, -0.15) is 17.6 Å². The SMILES string of the molecule is Fc1ccc(C(F)(F)C(F)(F)c2ccccc2)cc1. The standard InChI is InChI=1S/C14H9F5/c15-12-8-6-11(7-9-12)14(18,19)13(16,17)10-4-2-1-3-5-10/h1-9H. The van der Waals surface area contributed by atoms with Crippen LogP contribution in [0.5, 0.6) is 0 Å². The van der Waals surface area contributed by atoms with E-state index in [1.54, 1.807) is 0 Å². The lowest BCUT2D eigenvalue weighted by atomic mass is 9.96. The van der Waals surface area contributed by atoms with E-state index in [9.17, 15) is 22.0 Å². The molecular formula is C14H9F5. The summed E-state index contributed by atoms with van der Waals surface area (Å²) in [6.07, 6.45) is 0. The largest absolute Gasteiger partial charge is 0.339 e. The Labute approximate surface area is 106 Å². The van der Waals surface area contributed by atoms with Crippen LogP contribution in [-0.4, -0.2) is 0 Å². The first-order valence-corrected chi connectivity index (χ1v) is 5.43. The predicted molar refractivity (Wildman–Crippen MR) is 60.6 cm³/mol. The molecule has 19 heavy (non-hydrogen) atoms. The zero-order valence-electron chi connectivity index (χ0n) is 9.59. The first kappa shape index (κ1) is 13.5. The van der Waals surface area contributed by atoms with Gasteiger partial charge in [0.1, 0.15) is 5.82 Å². The summed E-state index contributed by atoms with van der Waals surface area (Å²) in [5.41, 5.74) is -1.72. The summed E-state index contributed by atoms with van der Waals surface area (Å²) in [6, 6.07) is 8.59. The molecule has 0 saturated carbocycles. The third-order valence-corrected chi connectivity index (χ3v) is 2.74. The van der Waals surface area contributed by atoms with Crippen molar-refractivity contribution in [3.63, 3.8) is 0 Å². The molecule has 0 unspecified atom stereocenters. The third kappa shape index (κ3) is 2.32. The van der Waals surface area contributed by atoms with E-state index in [2.05, 4.69) is 0 Å². The highest BCUT2D eigenvalue weighted by Crippen LogP contribution is 2.49. The maximum atomic E-state index is 13.9. The van der Waals surface area contributed by atoms with Crippen molar-refractivity contribution in [1.29, 1.82) is 0 Å². The number of hydrogen-bond donors (Lipinski definition) is 0. The van der Waals surface area contributed by atoms with Crippen LogP contribution in [0.4, 0.5) is 22.0 Å². The molecule has 5 heteroatoms. The average molecular weight is 272 g/mol. The van der Waals surface area contributed by atoms with Gasteiger partial charge in [-0.25, -0.2) is 4.39 Å². The predicted octanol–water partition coefficient (Wildman–Crippen LogP) is 4.71. The highest BCUT2D eigenvalue weighted by molar-refractivity contribution is 5.30. The van der Waals surface area contributed by atoms with E-state index >= 15 is 0 Å².